The minimum absolute atomic E-state index is 0.0346. The van der Waals surface area contributed by atoms with Crippen molar-refractivity contribution >= 4 is 10.0 Å². The Bertz CT molecular complexity index is 546. The number of nitrogens with zero attached hydrogens (tertiary/aromatic N) is 1. The van der Waals surface area contributed by atoms with E-state index in [9.17, 15) is 8.42 Å². The largest absolute Gasteiger partial charge is 0.475 e. The molecule has 92 valence electrons. The molecule has 0 aliphatic carbocycles. The maximum absolute atomic E-state index is 11.1. The lowest BCUT2D eigenvalue weighted by atomic mass is 10.2. The minimum atomic E-state index is -3.70. The predicted octanol–water partition coefficient (Wildman–Crippen LogP) is 1.32. The van der Waals surface area contributed by atoms with Crippen LogP contribution in [0.4, 0.5) is 0 Å². The summed E-state index contributed by atoms with van der Waals surface area (Å²) in [7, 11) is -3.70. The number of primary sulfonamides is 1. The quantitative estimate of drug-likeness (QED) is 0.876. The highest BCUT2D eigenvalue weighted by Gasteiger charge is 2.12. The van der Waals surface area contributed by atoms with Crippen molar-refractivity contribution in [3.63, 3.8) is 0 Å². The Morgan fingerprint density at radius 1 is 1.53 bits per heavy atom. The second kappa shape index (κ2) is 5.17. The Morgan fingerprint density at radius 2 is 2.18 bits per heavy atom. The molecule has 5 nitrogen and oxygen atoms in total. The fourth-order valence-corrected chi connectivity index (χ4v) is 1.88. The molecule has 0 fully saturated rings. The molecule has 0 aliphatic rings. The molecule has 0 bridgehead atoms. The van der Waals surface area contributed by atoms with Gasteiger partial charge in [0.05, 0.1) is 4.90 Å². The SMILES string of the molecule is CCC(C#N)Oc1ccc(S(N)(=O)=O)cc1C. The topological polar surface area (TPSA) is 93.2 Å². The first-order valence-corrected chi connectivity index (χ1v) is 6.62. The summed E-state index contributed by atoms with van der Waals surface area (Å²) in [6, 6.07) is 6.30. The molecule has 1 unspecified atom stereocenters. The first-order chi connectivity index (χ1) is 7.88. The van der Waals surface area contributed by atoms with E-state index in [-0.39, 0.29) is 4.90 Å². The number of benzene rings is 1. The molecule has 0 aromatic heterocycles. The van der Waals surface area contributed by atoms with Crippen molar-refractivity contribution in [1.29, 1.82) is 5.26 Å². The number of rotatable bonds is 4. The molecular formula is C11H14N2O3S. The van der Waals surface area contributed by atoms with E-state index in [2.05, 4.69) is 0 Å². The van der Waals surface area contributed by atoms with Crippen molar-refractivity contribution in [3.8, 4) is 11.8 Å². The van der Waals surface area contributed by atoms with Crippen LogP contribution in [-0.4, -0.2) is 14.5 Å². The smallest absolute Gasteiger partial charge is 0.238 e. The van der Waals surface area contributed by atoms with Crippen molar-refractivity contribution in [2.45, 2.75) is 31.3 Å². The van der Waals surface area contributed by atoms with E-state index >= 15 is 0 Å². The van der Waals surface area contributed by atoms with Gasteiger partial charge in [-0.3, -0.25) is 0 Å². The van der Waals surface area contributed by atoms with Gasteiger partial charge in [0.15, 0.2) is 6.10 Å². The highest BCUT2D eigenvalue weighted by Crippen LogP contribution is 2.22. The molecule has 0 aliphatic heterocycles. The van der Waals surface area contributed by atoms with Gasteiger partial charge in [-0.15, -0.1) is 0 Å². The van der Waals surface area contributed by atoms with E-state index in [1.165, 1.54) is 18.2 Å². The van der Waals surface area contributed by atoms with Crippen LogP contribution in [0.5, 0.6) is 5.75 Å². The average molecular weight is 254 g/mol. The van der Waals surface area contributed by atoms with Crippen LogP contribution in [0.25, 0.3) is 0 Å². The van der Waals surface area contributed by atoms with E-state index < -0.39 is 16.1 Å². The lowest BCUT2D eigenvalue weighted by molar-refractivity contribution is 0.250. The number of nitriles is 1. The molecule has 0 radical (unpaired) electrons. The third-order valence-corrected chi connectivity index (χ3v) is 3.17. The standard InChI is InChI=1S/C11H14N2O3S/c1-3-9(7-12)16-11-5-4-10(6-8(11)2)17(13,14)15/h4-6,9H,3H2,1-2H3,(H2,13,14,15). The Balaban J connectivity index is 3.03. The van der Waals surface area contributed by atoms with Gasteiger partial charge in [0.2, 0.25) is 10.0 Å². The van der Waals surface area contributed by atoms with Gasteiger partial charge in [-0.1, -0.05) is 6.92 Å². The normalized spacial score (nSPS) is 12.8. The Kier molecular flexibility index (Phi) is 4.10. The first kappa shape index (κ1) is 13.5. The van der Waals surface area contributed by atoms with E-state index in [1.54, 1.807) is 6.92 Å². The van der Waals surface area contributed by atoms with Gasteiger partial charge >= 0.3 is 0 Å². The van der Waals surface area contributed by atoms with Crippen LogP contribution in [0.3, 0.4) is 0 Å². The Hall–Kier alpha value is -1.58. The van der Waals surface area contributed by atoms with Gasteiger partial charge in [0, 0.05) is 0 Å². The number of nitrogens with two attached hydrogens (primary N) is 1. The lowest BCUT2D eigenvalue weighted by Gasteiger charge is -2.13. The zero-order valence-electron chi connectivity index (χ0n) is 9.67. The van der Waals surface area contributed by atoms with Gasteiger partial charge < -0.3 is 4.74 Å². The van der Waals surface area contributed by atoms with Crippen LogP contribution in [0.15, 0.2) is 23.1 Å². The molecule has 0 amide bonds. The summed E-state index contributed by atoms with van der Waals surface area (Å²) >= 11 is 0. The summed E-state index contributed by atoms with van der Waals surface area (Å²) in [6.07, 6.45) is 0.0291. The zero-order valence-corrected chi connectivity index (χ0v) is 10.5. The molecule has 1 rings (SSSR count). The molecule has 1 aromatic rings. The molecule has 0 heterocycles. The Labute approximate surface area is 101 Å². The summed E-state index contributed by atoms with van der Waals surface area (Å²) in [6.45, 7) is 3.54. The van der Waals surface area contributed by atoms with Gasteiger partial charge in [-0.25, -0.2) is 13.6 Å². The molecule has 2 N–H and O–H groups in total. The van der Waals surface area contributed by atoms with E-state index in [1.807, 2.05) is 13.0 Å². The zero-order chi connectivity index (χ0) is 13.1. The van der Waals surface area contributed by atoms with Crippen molar-refractivity contribution in [2.24, 2.45) is 5.14 Å². The molecule has 0 saturated carbocycles. The number of hydrogen-bond donors (Lipinski definition) is 1. The number of ether oxygens (including phenoxy) is 1. The van der Waals surface area contributed by atoms with Gasteiger partial charge in [-0.05, 0) is 37.1 Å². The average Bonchev–Trinajstić information content (AvgIpc) is 2.26. The first-order valence-electron chi connectivity index (χ1n) is 5.08. The van der Waals surface area contributed by atoms with Crippen LogP contribution in [0, 0.1) is 18.3 Å². The van der Waals surface area contributed by atoms with Crippen LogP contribution in [0.1, 0.15) is 18.9 Å². The monoisotopic (exact) mass is 254 g/mol. The fraction of sp³-hybridized carbons (Fsp3) is 0.364. The van der Waals surface area contributed by atoms with Crippen LogP contribution >= 0.6 is 0 Å². The molecule has 1 aromatic carbocycles. The number of aryl methyl sites for hydroxylation is 1. The van der Waals surface area contributed by atoms with E-state index in [0.29, 0.717) is 17.7 Å². The maximum Gasteiger partial charge on any atom is 0.238 e. The van der Waals surface area contributed by atoms with Gasteiger partial charge in [-0.2, -0.15) is 5.26 Å². The van der Waals surface area contributed by atoms with Crippen LogP contribution < -0.4 is 9.88 Å². The maximum atomic E-state index is 11.1. The minimum Gasteiger partial charge on any atom is -0.475 e. The van der Waals surface area contributed by atoms with Crippen molar-refractivity contribution in [3.05, 3.63) is 23.8 Å². The predicted molar refractivity (Wildman–Crippen MR) is 62.9 cm³/mol. The second-order valence-electron chi connectivity index (χ2n) is 3.62. The Morgan fingerprint density at radius 3 is 2.59 bits per heavy atom. The van der Waals surface area contributed by atoms with Crippen molar-refractivity contribution in [1.82, 2.24) is 0 Å². The summed E-state index contributed by atoms with van der Waals surface area (Å²) in [4.78, 5) is 0.0346. The highest BCUT2D eigenvalue weighted by molar-refractivity contribution is 7.89. The lowest BCUT2D eigenvalue weighted by Crippen LogP contribution is -2.14. The fourth-order valence-electron chi connectivity index (χ4n) is 1.29. The van der Waals surface area contributed by atoms with Gasteiger partial charge in [0.25, 0.3) is 0 Å². The second-order valence-corrected chi connectivity index (χ2v) is 5.18. The molecule has 1 atom stereocenters. The molecular weight excluding hydrogens is 240 g/mol. The number of hydrogen-bond acceptors (Lipinski definition) is 4. The van der Waals surface area contributed by atoms with Crippen LogP contribution in [-0.2, 0) is 10.0 Å². The molecule has 6 heteroatoms. The van der Waals surface area contributed by atoms with Gasteiger partial charge in [0.1, 0.15) is 11.8 Å². The van der Waals surface area contributed by atoms with Crippen LogP contribution in [0.2, 0.25) is 0 Å². The molecule has 0 spiro atoms. The number of sulfonamides is 1. The summed E-state index contributed by atoms with van der Waals surface area (Å²) < 4.78 is 27.6. The van der Waals surface area contributed by atoms with E-state index in [4.69, 9.17) is 15.1 Å². The summed E-state index contributed by atoms with van der Waals surface area (Å²) in [5.74, 6) is 0.491. The highest BCUT2D eigenvalue weighted by atomic mass is 32.2. The summed E-state index contributed by atoms with van der Waals surface area (Å²) in [5.41, 5.74) is 0.630. The third-order valence-electron chi connectivity index (χ3n) is 2.26. The van der Waals surface area contributed by atoms with Crippen molar-refractivity contribution < 1.29 is 13.2 Å². The van der Waals surface area contributed by atoms with Crippen molar-refractivity contribution in [2.75, 3.05) is 0 Å². The molecule has 17 heavy (non-hydrogen) atoms. The summed E-state index contributed by atoms with van der Waals surface area (Å²) in [5, 5.41) is 13.8. The third kappa shape index (κ3) is 3.44. The van der Waals surface area contributed by atoms with E-state index in [0.717, 1.165) is 0 Å². The molecule has 0 saturated heterocycles.